The van der Waals surface area contributed by atoms with Gasteiger partial charge in [0.1, 0.15) is 0 Å². The molecule has 0 N–H and O–H groups in total. The Hall–Kier alpha value is -0.940. The topological polar surface area (TPSA) is 57.4 Å². The van der Waals surface area contributed by atoms with Crippen molar-refractivity contribution >= 4 is 0 Å². The summed E-state index contributed by atoms with van der Waals surface area (Å²) in [7, 11) is 0. The van der Waals surface area contributed by atoms with E-state index in [9.17, 15) is 0 Å². The fourth-order valence-electron chi connectivity index (χ4n) is 3.79. The molecule has 0 amide bonds. The summed E-state index contributed by atoms with van der Waals surface area (Å²) in [5.74, 6) is 2.47. The van der Waals surface area contributed by atoms with Crippen molar-refractivity contribution in [1.82, 2.24) is 10.1 Å². The Morgan fingerprint density at radius 1 is 1.05 bits per heavy atom. The zero-order chi connectivity index (χ0) is 15.9. The van der Waals surface area contributed by atoms with E-state index in [1.807, 2.05) is 0 Å². The molecule has 0 aromatic carbocycles. The second-order valence-electron chi connectivity index (χ2n) is 8.02. The third-order valence-corrected chi connectivity index (χ3v) is 4.84. The second-order valence-corrected chi connectivity index (χ2v) is 8.02. The van der Waals surface area contributed by atoms with E-state index in [2.05, 4.69) is 39.8 Å². The Morgan fingerprint density at radius 3 is 2.41 bits per heavy atom. The lowest BCUT2D eigenvalue weighted by Gasteiger charge is -2.29. The van der Waals surface area contributed by atoms with Crippen LogP contribution in [0.15, 0.2) is 4.52 Å². The molecule has 22 heavy (non-hydrogen) atoms. The molecule has 3 rings (SSSR count). The first-order chi connectivity index (χ1) is 10.4. The summed E-state index contributed by atoms with van der Waals surface area (Å²) < 4.78 is 17.4. The van der Waals surface area contributed by atoms with Gasteiger partial charge in [0, 0.05) is 13.2 Å². The van der Waals surface area contributed by atoms with Crippen LogP contribution >= 0.6 is 0 Å². The molecular formula is C17H28N2O3. The van der Waals surface area contributed by atoms with Gasteiger partial charge in [0.05, 0.1) is 24.0 Å². The van der Waals surface area contributed by atoms with Gasteiger partial charge in [-0.2, -0.15) is 4.98 Å². The van der Waals surface area contributed by atoms with Gasteiger partial charge in [-0.15, -0.1) is 0 Å². The van der Waals surface area contributed by atoms with Gasteiger partial charge in [-0.1, -0.05) is 39.8 Å². The van der Waals surface area contributed by atoms with Crippen LogP contribution in [0.5, 0.6) is 0 Å². The maximum atomic E-state index is 5.93. The van der Waals surface area contributed by atoms with Gasteiger partial charge in [0.2, 0.25) is 5.89 Å². The van der Waals surface area contributed by atoms with Crippen LogP contribution in [0, 0.1) is 11.3 Å². The van der Waals surface area contributed by atoms with Crippen molar-refractivity contribution in [2.75, 3.05) is 13.2 Å². The van der Waals surface area contributed by atoms with Gasteiger partial charge in [-0.25, -0.2) is 0 Å². The summed E-state index contributed by atoms with van der Waals surface area (Å²) >= 11 is 0. The van der Waals surface area contributed by atoms with Crippen molar-refractivity contribution in [1.29, 1.82) is 0 Å². The highest BCUT2D eigenvalue weighted by molar-refractivity contribution is 5.08. The second kappa shape index (κ2) is 5.93. The predicted octanol–water partition coefficient (Wildman–Crippen LogP) is 3.52. The van der Waals surface area contributed by atoms with Crippen molar-refractivity contribution in [2.24, 2.45) is 11.3 Å². The minimum Gasteiger partial charge on any atom is -0.377 e. The lowest BCUT2D eigenvalue weighted by molar-refractivity contribution is 0.0193. The predicted molar refractivity (Wildman–Crippen MR) is 82.8 cm³/mol. The van der Waals surface area contributed by atoms with Crippen molar-refractivity contribution in [3.63, 3.8) is 0 Å². The van der Waals surface area contributed by atoms with Crippen LogP contribution in [0.1, 0.15) is 71.0 Å². The van der Waals surface area contributed by atoms with Crippen LogP contribution in [-0.4, -0.2) is 35.6 Å². The van der Waals surface area contributed by atoms with Gasteiger partial charge in [-0.05, 0) is 24.2 Å². The van der Waals surface area contributed by atoms with E-state index in [-0.39, 0.29) is 29.5 Å². The van der Waals surface area contributed by atoms with Gasteiger partial charge < -0.3 is 14.0 Å². The third-order valence-electron chi connectivity index (χ3n) is 4.84. The highest BCUT2D eigenvalue weighted by atomic mass is 16.5. The molecule has 0 unspecified atom stereocenters. The summed E-state index contributed by atoms with van der Waals surface area (Å²) in [6.45, 7) is 12.5. The molecule has 2 aliphatic rings. The van der Waals surface area contributed by atoms with E-state index in [4.69, 9.17) is 19.0 Å². The van der Waals surface area contributed by atoms with Crippen LogP contribution in [0.25, 0.3) is 0 Å². The molecule has 5 heteroatoms. The number of hydrogen-bond acceptors (Lipinski definition) is 5. The van der Waals surface area contributed by atoms with Gasteiger partial charge >= 0.3 is 0 Å². The Kier molecular flexibility index (Phi) is 4.29. The molecule has 1 aromatic rings. The normalized spacial score (nSPS) is 33.0. The van der Waals surface area contributed by atoms with Crippen molar-refractivity contribution in [3.8, 4) is 0 Å². The summed E-state index contributed by atoms with van der Waals surface area (Å²) in [4.78, 5) is 4.73. The minimum absolute atomic E-state index is 0.0822. The molecule has 2 aliphatic heterocycles. The zero-order valence-corrected chi connectivity index (χ0v) is 14.3. The van der Waals surface area contributed by atoms with E-state index in [0.29, 0.717) is 5.92 Å². The van der Waals surface area contributed by atoms with Crippen molar-refractivity contribution in [3.05, 3.63) is 11.7 Å². The van der Waals surface area contributed by atoms with E-state index in [1.165, 1.54) is 0 Å². The minimum atomic E-state index is 0.0822. The number of rotatable bonds is 3. The van der Waals surface area contributed by atoms with E-state index >= 15 is 0 Å². The first kappa shape index (κ1) is 15.9. The van der Waals surface area contributed by atoms with Gasteiger partial charge in [0.25, 0.3) is 0 Å². The Morgan fingerprint density at radius 2 is 1.73 bits per heavy atom. The summed E-state index contributed by atoms with van der Waals surface area (Å²) in [5.41, 5.74) is 0.0822. The molecule has 2 saturated heterocycles. The Labute approximate surface area is 132 Å². The molecular weight excluding hydrogens is 280 g/mol. The van der Waals surface area contributed by atoms with Gasteiger partial charge in [0.15, 0.2) is 5.82 Å². The number of aromatic nitrogens is 2. The smallest absolute Gasteiger partial charge is 0.232 e. The number of ether oxygens (including phenoxy) is 2. The third kappa shape index (κ3) is 2.93. The van der Waals surface area contributed by atoms with Crippen LogP contribution in [0.2, 0.25) is 0 Å². The molecule has 4 atom stereocenters. The lowest BCUT2D eigenvalue weighted by atomic mass is 9.81. The molecule has 0 bridgehead atoms. The van der Waals surface area contributed by atoms with Crippen LogP contribution in [0.4, 0.5) is 0 Å². The molecule has 5 nitrogen and oxygen atoms in total. The number of hydrogen-bond donors (Lipinski definition) is 0. The van der Waals surface area contributed by atoms with Crippen molar-refractivity contribution < 1.29 is 14.0 Å². The highest BCUT2D eigenvalue weighted by Crippen LogP contribution is 2.41. The molecule has 0 spiro atoms. The van der Waals surface area contributed by atoms with Crippen LogP contribution in [-0.2, 0) is 9.47 Å². The molecule has 3 heterocycles. The largest absolute Gasteiger partial charge is 0.377 e. The monoisotopic (exact) mass is 308 g/mol. The highest BCUT2D eigenvalue weighted by Gasteiger charge is 2.42. The molecule has 2 fully saturated rings. The van der Waals surface area contributed by atoms with Gasteiger partial charge in [-0.3, -0.25) is 0 Å². The molecule has 1 aromatic heterocycles. The quantitative estimate of drug-likeness (QED) is 0.855. The molecule has 0 saturated carbocycles. The fourth-order valence-corrected chi connectivity index (χ4v) is 3.79. The maximum absolute atomic E-state index is 5.93. The average molecular weight is 308 g/mol. The Balaban J connectivity index is 1.79. The zero-order valence-electron chi connectivity index (χ0n) is 14.3. The Bertz CT molecular complexity index is 506. The van der Waals surface area contributed by atoms with E-state index < -0.39 is 0 Å². The molecule has 124 valence electrons. The van der Waals surface area contributed by atoms with E-state index in [0.717, 1.165) is 37.8 Å². The van der Waals surface area contributed by atoms with Crippen LogP contribution in [0.3, 0.4) is 0 Å². The fraction of sp³-hybridized carbons (Fsp3) is 0.882. The molecule has 0 radical (unpaired) electrons. The summed E-state index contributed by atoms with van der Waals surface area (Å²) in [6.07, 6.45) is 2.27. The van der Waals surface area contributed by atoms with Crippen LogP contribution < -0.4 is 0 Å². The number of nitrogens with zero attached hydrogens (tertiary/aromatic N) is 2. The first-order valence-corrected chi connectivity index (χ1v) is 8.44. The van der Waals surface area contributed by atoms with Crippen molar-refractivity contribution in [2.45, 2.75) is 71.5 Å². The SMILES string of the molecule is CC(C)[C@@H]1OCC[C@@H]1c1nc([C@H]2CCO[C@@H]2C(C)(C)C)no1. The lowest BCUT2D eigenvalue weighted by Crippen LogP contribution is -2.30. The van der Waals surface area contributed by atoms with E-state index in [1.54, 1.807) is 0 Å². The molecule has 0 aliphatic carbocycles. The summed E-state index contributed by atoms with van der Waals surface area (Å²) in [6, 6.07) is 0. The first-order valence-electron chi connectivity index (χ1n) is 8.44. The standard InChI is InChI=1S/C17H28N2O3/c1-10(2)13-11(6-8-20-13)16-18-15(19-22-16)12-7-9-21-14(12)17(3,4)5/h10-14H,6-9H2,1-5H3/t11-,12-,13-,14-/m0/s1. The summed E-state index contributed by atoms with van der Waals surface area (Å²) in [5, 5.41) is 4.28. The average Bonchev–Trinajstić information content (AvgIpc) is 3.17. The maximum Gasteiger partial charge on any atom is 0.232 e.